The van der Waals surface area contributed by atoms with E-state index in [1.54, 1.807) is 0 Å². The predicted molar refractivity (Wildman–Crippen MR) is 16.2 cm³/mol. The molecule has 0 saturated carbocycles. The molecule has 0 spiro atoms. The summed E-state index contributed by atoms with van der Waals surface area (Å²) in [6, 6.07) is 0. The minimum atomic E-state index is -5.17. The molecule has 4 nitrogen and oxygen atoms in total. The summed E-state index contributed by atoms with van der Waals surface area (Å²) in [6.07, 6.45) is 0. The van der Waals surface area contributed by atoms with Crippen molar-refractivity contribution in [1.29, 1.82) is 0 Å². The van der Waals surface area contributed by atoms with Gasteiger partial charge in [-0.2, -0.15) is 0 Å². The standard InChI is InChI=1S/Ge.H2O4S/c;1-5(2,3)4/h;(H2,1,2,3,4)/p-2. The van der Waals surface area contributed by atoms with Gasteiger partial charge in [-0.15, -0.1) is 0 Å². The van der Waals surface area contributed by atoms with Gasteiger partial charge >= 0.3 is 0 Å². The molecule has 0 aliphatic rings. The molecule has 0 aromatic heterocycles. The van der Waals surface area contributed by atoms with E-state index in [0.717, 1.165) is 0 Å². The van der Waals surface area contributed by atoms with Crippen LogP contribution in [-0.4, -0.2) is 35.1 Å². The Kier molecular flexibility index (Phi) is 4.12. The van der Waals surface area contributed by atoms with Crippen LogP contribution in [0.2, 0.25) is 0 Å². The van der Waals surface area contributed by atoms with Gasteiger partial charge in [-0.3, -0.25) is 8.42 Å². The van der Waals surface area contributed by atoms with Crippen molar-refractivity contribution >= 4 is 28.0 Å². The van der Waals surface area contributed by atoms with E-state index in [1.807, 2.05) is 0 Å². The quantitative estimate of drug-likeness (QED) is 0.245. The van der Waals surface area contributed by atoms with Gasteiger partial charge < -0.3 is 9.11 Å². The van der Waals surface area contributed by atoms with Crippen molar-refractivity contribution in [1.82, 2.24) is 0 Å². The van der Waals surface area contributed by atoms with Crippen LogP contribution in [0.5, 0.6) is 0 Å². The Morgan fingerprint density at radius 1 is 1.17 bits per heavy atom. The Balaban J connectivity index is 0. The zero-order valence-electron chi connectivity index (χ0n) is 2.54. The zero-order valence-corrected chi connectivity index (χ0v) is 5.46. The van der Waals surface area contributed by atoms with Gasteiger partial charge in [-0.05, 0) is 0 Å². The van der Waals surface area contributed by atoms with Crippen LogP contribution in [0.4, 0.5) is 0 Å². The second-order valence-electron chi connectivity index (χ2n) is 0.408. The van der Waals surface area contributed by atoms with E-state index in [4.69, 9.17) is 17.5 Å². The van der Waals surface area contributed by atoms with Crippen LogP contribution in [0, 0.1) is 0 Å². The summed E-state index contributed by atoms with van der Waals surface area (Å²) >= 11 is 0. The molecule has 0 saturated heterocycles. The Labute approximate surface area is 46.1 Å². The van der Waals surface area contributed by atoms with Gasteiger partial charge in [0, 0.05) is 28.0 Å². The van der Waals surface area contributed by atoms with Crippen LogP contribution in [-0.2, 0) is 10.4 Å². The van der Waals surface area contributed by atoms with Gasteiger partial charge in [0.1, 0.15) is 0 Å². The smallest absolute Gasteiger partial charge is 0.0311 e. The summed E-state index contributed by atoms with van der Waals surface area (Å²) in [4.78, 5) is 0. The van der Waals surface area contributed by atoms with Crippen molar-refractivity contribution in [3.05, 3.63) is 0 Å². The maximum absolute atomic E-state index is 8.52. The van der Waals surface area contributed by atoms with Crippen LogP contribution in [0.25, 0.3) is 0 Å². The molecule has 0 bridgehead atoms. The average molecular weight is 169 g/mol. The molecule has 0 aromatic carbocycles. The number of rotatable bonds is 0. The topological polar surface area (TPSA) is 80.3 Å². The van der Waals surface area contributed by atoms with Crippen LogP contribution in [0.1, 0.15) is 0 Å². The molecule has 0 aliphatic carbocycles. The molecule has 6 heteroatoms. The molecule has 0 fully saturated rings. The average Bonchev–Trinajstić information content (AvgIpc) is 0.722. The van der Waals surface area contributed by atoms with Gasteiger partial charge in [0.2, 0.25) is 0 Å². The molecule has 0 aliphatic heterocycles. The van der Waals surface area contributed by atoms with Crippen molar-refractivity contribution in [3.8, 4) is 0 Å². The Morgan fingerprint density at radius 2 is 1.17 bits per heavy atom. The minimum absolute atomic E-state index is 0. The zero-order chi connectivity index (χ0) is 4.50. The van der Waals surface area contributed by atoms with Gasteiger partial charge in [0.05, 0.1) is 0 Å². The van der Waals surface area contributed by atoms with E-state index < -0.39 is 10.4 Å². The van der Waals surface area contributed by atoms with Gasteiger partial charge in [0.15, 0.2) is 0 Å². The van der Waals surface area contributed by atoms with Crippen LogP contribution >= 0.6 is 0 Å². The molecule has 0 atom stereocenters. The molecular formula is GeO4S-2. The third kappa shape index (κ3) is 302. The summed E-state index contributed by atoms with van der Waals surface area (Å²) in [5, 5.41) is 0. The second kappa shape index (κ2) is 2.56. The molecule has 0 amide bonds. The van der Waals surface area contributed by atoms with E-state index in [-0.39, 0.29) is 17.6 Å². The fourth-order valence-corrected chi connectivity index (χ4v) is 0. The third-order valence-electron chi connectivity index (χ3n) is 0. The van der Waals surface area contributed by atoms with Crippen molar-refractivity contribution in [3.63, 3.8) is 0 Å². The molecule has 0 heterocycles. The second-order valence-corrected chi connectivity index (χ2v) is 1.22. The van der Waals surface area contributed by atoms with Crippen LogP contribution < -0.4 is 0 Å². The third-order valence-corrected chi connectivity index (χ3v) is 0. The fraction of sp³-hybridized carbons (Fsp3) is 0. The summed E-state index contributed by atoms with van der Waals surface area (Å²) < 4.78 is 34.1. The SMILES string of the molecule is O=S(=O)([O-])[O-].[Ge]. The van der Waals surface area contributed by atoms with E-state index in [0.29, 0.717) is 0 Å². The van der Waals surface area contributed by atoms with E-state index in [9.17, 15) is 0 Å². The van der Waals surface area contributed by atoms with Crippen molar-refractivity contribution in [2.75, 3.05) is 0 Å². The summed E-state index contributed by atoms with van der Waals surface area (Å²) in [5.41, 5.74) is 0. The van der Waals surface area contributed by atoms with Crippen molar-refractivity contribution in [2.24, 2.45) is 0 Å². The maximum atomic E-state index is 8.52. The first-order chi connectivity index (χ1) is 2.00. The normalized spacial score (nSPS) is 9.67. The predicted octanol–water partition coefficient (Wildman–Crippen LogP) is -1.72. The molecule has 0 unspecified atom stereocenters. The van der Waals surface area contributed by atoms with Crippen molar-refractivity contribution in [2.45, 2.75) is 0 Å². The Hall–Kier alpha value is 0.413. The Bertz CT molecular complexity index is 90.7. The summed E-state index contributed by atoms with van der Waals surface area (Å²) in [5.74, 6) is 0. The minimum Gasteiger partial charge on any atom is -0.759 e. The number of hydrogen-bond acceptors (Lipinski definition) is 4. The monoisotopic (exact) mass is 170 g/mol. The molecule has 36 valence electrons. The Morgan fingerprint density at radius 3 is 1.17 bits per heavy atom. The van der Waals surface area contributed by atoms with Gasteiger partial charge in [-0.25, -0.2) is 0 Å². The van der Waals surface area contributed by atoms with Gasteiger partial charge in [0.25, 0.3) is 0 Å². The fourth-order valence-electron chi connectivity index (χ4n) is 0. The van der Waals surface area contributed by atoms with E-state index in [2.05, 4.69) is 0 Å². The molecule has 0 N–H and O–H groups in total. The van der Waals surface area contributed by atoms with E-state index in [1.165, 1.54) is 0 Å². The molecule has 6 heavy (non-hydrogen) atoms. The first kappa shape index (κ1) is 9.65. The first-order valence-corrected chi connectivity index (χ1v) is 2.00. The number of hydrogen-bond donors (Lipinski definition) is 0. The summed E-state index contributed by atoms with van der Waals surface area (Å²) in [7, 11) is -5.17. The largest absolute Gasteiger partial charge is 0.759 e. The molecule has 0 rings (SSSR count). The summed E-state index contributed by atoms with van der Waals surface area (Å²) in [6.45, 7) is 0. The van der Waals surface area contributed by atoms with Crippen LogP contribution in [0.15, 0.2) is 0 Å². The molecular weight excluding hydrogens is 169 g/mol. The molecule has 4 radical (unpaired) electrons. The maximum Gasteiger partial charge on any atom is 0.0311 e. The molecule has 0 aromatic rings. The van der Waals surface area contributed by atoms with Gasteiger partial charge in [-0.1, -0.05) is 0 Å². The first-order valence-electron chi connectivity index (χ1n) is 0.667. The van der Waals surface area contributed by atoms with E-state index >= 15 is 0 Å². The van der Waals surface area contributed by atoms with Crippen LogP contribution in [0.3, 0.4) is 0 Å². The van der Waals surface area contributed by atoms with Crippen molar-refractivity contribution < 1.29 is 17.5 Å².